The van der Waals surface area contributed by atoms with Gasteiger partial charge in [0.15, 0.2) is 0 Å². The molecule has 0 aliphatic carbocycles. The number of imide groups is 1. The number of halogens is 2. The molecule has 0 unspecified atom stereocenters. The summed E-state index contributed by atoms with van der Waals surface area (Å²) in [5, 5.41) is 3.86. The van der Waals surface area contributed by atoms with Gasteiger partial charge >= 0.3 is 0 Å². The van der Waals surface area contributed by atoms with Crippen LogP contribution in [-0.4, -0.2) is 17.9 Å². The highest BCUT2D eigenvalue weighted by molar-refractivity contribution is 6.38. The molecule has 1 heterocycles. The molecule has 0 spiro atoms. The lowest BCUT2D eigenvalue weighted by molar-refractivity contribution is -0.121. The number of nitrogens with zero attached hydrogens (tertiary/aromatic N) is 1. The van der Waals surface area contributed by atoms with E-state index in [1.807, 2.05) is 32.0 Å². The quantitative estimate of drug-likeness (QED) is 0.825. The fourth-order valence-electron chi connectivity index (χ4n) is 2.69. The van der Waals surface area contributed by atoms with Crippen molar-refractivity contribution < 1.29 is 9.59 Å². The van der Waals surface area contributed by atoms with Crippen LogP contribution in [0.4, 0.5) is 11.4 Å². The molecule has 0 bridgehead atoms. The minimum absolute atomic E-state index is 0.0880. The summed E-state index contributed by atoms with van der Waals surface area (Å²) in [4.78, 5) is 26.1. The van der Waals surface area contributed by atoms with Crippen LogP contribution >= 0.6 is 23.2 Å². The van der Waals surface area contributed by atoms with E-state index in [-0.39, 0.29) is 23.3 Å². The molecule has 6 heteroatoms. The Kier molecular flexibility index (Phi) is 4.52. The summed E-state index contributed by atoms with van der Waals surface area (Å²) in [6.07, 6.45) is 0.0880. The molecule has 1 fully saturated rings. The number of amides is 2. The number of hydrogen-bond acceptors (Lipinski definition) is 3. The van der Waals surface area contributed by atoms with Gasteiger partial charge in [-0.3, -0.25) is 9.59 Å². The molecule has 124 valence electrons. The van der Waals surface area contributed by atoms with Crippen LogP contribution in [-0.2, 0) is 9.59 Å². The molecule has 1 saturated heterocycles. The SMILES string of the molecule is Cc1ccc(N[C@@H]2CC(=O)N(c3ccc(Cl)cc3Cl)C2=O)cc1C. The van der Waals surface area contributed by atoms with Crippen molar-refractivity contribution in [3.8, 4) is 0 Å². The van der Waals surface area contributed by atoms with Crippen LogP contribution in [0.1, 0.15) is 17.5 Å². The van der Waals surface area contributed by atoms with Crippen molar-refractivity contribution in [2.45, 2.75) is 26.3 Å². The number of carbonyl (C=O) groups excluding carboxylic acids is 2. The number of aryl methyl sites for hydroxylation is 2. The molecule has 4 nitrogen and oxygen atoms in total. The van der Waals surface area contributed by atoms with Gasteiger partial charge in [0, 0.05) is 10.7 Å². The maximum absolute atomic E-state index is 12.7. The van der Waals surface area contributed by atoms with Gasteiger partial charge in [0.05, 0.1) is 17.1 Å². The average Bonchev–Trinajstić information content (AvgIpc) is 2.78. The van der Waals surface area contributed by atoms with Crippen molar-refractivity contribution in [2.24, 2.45) is 0 Å². The van der Waals surface area contributed by atoms with Gasteiger partial charge in [-0.1, -0.05) is 29.3 Å². The number of rotatable bonds is 3. The highest BCUT2D eigenvalue weighted by Crippen LogP contribution is 2.33. The second-order valence-corrected chi connectivity index (χ2v) is 6.71. The van der Waals surface area contributed by atoms with Gasteiger partial charge in [0.2, 0.25) is 5.91 Å². The summed E-state index contributed by atoms with van der Waals surface area (Å²) in [6, 6.07) is 9.94. The third kappa shape index (κ3) is 3.12. The standard InChI is InChI=1S/C18H16Cl2N2O2/c1-10-3-5-13(7-11(10)2)21-15-9-17(23)22(18(15)24)16-6-4-12(19)8-14(16)20/h3-8,15,21H,9H2,1-2H3/t15-/m1/s1. The van der Waals surface area contributed by atoms with Crippen LogP contribution in [0.5, 0.6) is 0 Å². The average molecular weight is 363 g/mol. The third-order valence-corrected chi connectivity index (χ3v) is 4.68. The minimum atomic E-state index is -0.605. The fourth-order valence-corrected chi connectivity index (χ4v) is 3.19. The van der Waals surface area contributed by atoms with Gasteiger partial charge in [-0.05, 0) is 55.3 Å². The van der Waals surface area contributed by atoms with Gasteiger partial charge in [0.25, 0.3) is 5.91 Å². The number of benzene rings is 2. The first-order valence-corrected chi connectivity index (χ1v) is 8.28. The molecule has 2 aromatic carbocycles. The van der Waals surface area contributed by atoms with E-state index in [0.29, 0.717) is 10.7 Å². The number of carbonyl (C=O) groups is 2. The second-order valence-electron chi connectivity index (χ2n) is 5.86. The first-order chi connectivity index (χ1) is 11.4. The molecular weight excluding hydrogens is 347 g/mol. The van der Waals surface area contributed by atoms with Crippen molar-refractivity contribution in [2.75, 3.05) is 10.2 Å². The Morgan fingerprint density at radius 2 is 1.79 bits per heavy atom. The van der Waals surface area contributed by atoms with Crippen molar-refractivity contribution >= 4 is 46.4 Å². The van der Waals surface area contributed by atoms with Crippen molar-refractivity contribution in [3.05, 3.63) is 57.6 Å². The minimum Gasteiger partial charge on any atom is -0.373 e. The van der Waals surface area contributed by atoms with E-state index in [9.17, 15) is 9.59 Å². The summed E-state index contributed by atoms with van der Waals surface area (Å²) in [6.45, 7) is 4.02. The van der Waals surface area contributed by atoms with E-state index in [1.54, 1.807) is 12.1 Å². The van der Waals surface area contributed by atoms with Crippen LogP contribution in [0.3, 0.4) is 0 Å². The molecule has 0 aromatic heterocycles. The highest BCUT2D eigenvalue weighted by Gasteiger charge is 2.40. The largest absolute Gasteiger partial charge is 0.373 e. The van der Waals surface area contributed by atoms with Crippen LogP contribution in [0.2, 0.25) is 10.0 Å². The zero-order valence-corrected chi connectivity index (χ0v) is 14.8. The molecule has 24 heavy (non-hydrogen) atoms. The first kappa shape index (κ1) is 16.8. The van der Waals surface area contributed by atoms with Gasteiger partial charge in [-0.25, -0.2) is 4.90 Å². The molecule has 2 aromatic rings. The Labute approximate surface area is 150 Å². The Morgan fingerprint density at radius 1 is 1.04 bits per heavy atom. The summed E-state index contributed by atoms with van der Waals surface area (Å²) in [5.74, 6) is -0.604. The predicted octanol–water partition coefficient (Wildman–Crippen LogP) is 4.35. The maximum atomic E-state index is 12.7. The van der Waals surface area contributed by atoms with Gasteiger partial charge in [-0.15, -0.1) is 0 Å². The van der Waals surface area contributed by atoms with E-state index >= 15 is 0 Å². The molecular formula is C18H16Cl2N2O2. The molecule has 0 radical (unpaired) electrons. The Hall–Kier alpha value is -2.04. The van der Waals surface area contributed by atoms with E-state index in [2.05, 4.69) is 5.32 Å². The smallest absolute Gasteiger partial charge is 0.256 e. The Balaban J connectivity index is 1.84. The maximum Gasteiger partial charge on any atom is 0.256 e. The van der Waals surface area contributed by atoms with Gasteiger partial charge < -0.3 is 5.32 Å². The number of nitrogens with one attached hydrogen (secondary N) is 1. The van der Waals surface area contributed by atoms with E-state index in [0.717, 1.165) is 16.2 Å². The lowest BCUT2D eigenvalue weighted by atomic mass is 10.1. The van der Waals surface area contributed by atoms with Crippen LogP contribution in [0.15, 0.2) is 36.4 Å². The van der Waals surface area contributed by atoms with Crippen molar-refractivity contribution in [1.29, 1.82) is 0 Å². The van der Waals surface area contributed by atoms with Crippen LogP contribution in [0, 0.1) is 13.8 Å². The highest BCUT2D eigenvalue weighted by atomic mass is 35.5. The van der Waals surface area contributed by atoms with E-state index < -0.39 is 6.04 Å². The third-order valence-electron chi connectivity index (χ3n) is 4.15. The molecule has 0 saturated carbocycles. The molecule has 1 aliphatic heterocycles. The number of anilines is 2. The van der Waals surface area contributed by atoms with Crippen molar-refractivity contribution in [3.63, 3.8) is 0 Å². The van der Waals surface area contributed by atoms with E-state index in [1.165, 1.54) is 11.6 Å². The van der Waals surface area contributed by atoms with Crippen LogP contribution < -0.4 is 10.2 Å². The van der Waals surface area contributed by atoms with Crippen LogP contribution in [0.25, 0.3) is 0 Å². The fraction of sp³-hybridized carbons (Fsp3) is 0.222. The Bertz CT molecular complexity index is 836. The Morgan fingerprint density at radius 3 is 2.46 bits per heavy atom. The summed E-state index contributed by atoms with van der Waals surface area (Å²) in [7, 11) is 0. The van der Waals surface area contributed by atoms with Crippen molar-refractivity contribution in [1.82, 2.24) is 0 Å². The normalized spacial score (nSPS) is 17.5. The zero-order valence-electron chi connectivity index (χ0n) is 13.3. The molecule has 1 atom stereocenters. The second kappa shape index (κ2) is 6.46. The molecule has 3 rings (SSSR count). The summed E-state index contributed by atoms with van der Waals surface area (Å²) >= 11 is 12.0. The topological polar surface area (TPSA) is 49.4 Å². The lowest BCUT2D eigenvalue weighted by Gasteiger charge is -2.17. The molecule has 1 aliphatic rings. The van der Waals surface area contributed by atoms with E-state index in [4.69, 9.17) is 23.2 Å². The molecule has 1 N–H and O–H groups in total. The monoisotopic (exact) mass is 362 g/mol. The lowest BCUT2D eigenvalue weighted by Crippen LogP contribution is -2.35. The summed E-state index contributed by atoms with van der Waals surface area (Å²) in [5.41, 5.74) is 3.46. The summed E-state index contributed by atoms with van der Waals surface area (Å²) < 4.78 is 0. The first-order valence-electron chi connectivity index (χ1n) is 7.52. The molecule has 2 amide bonds. The zero-order chi connectivity index (χ0) is 17.4. The van der Waals surface area contributed by atoms with Gasteiger partial charge in [0.1, 0.15) is 6.04 Å². The van der Waals surface area contributed by atoms with Gasteiger partial charge in [-0.2, -0.15) is 0 Å². The predicted molar refractivity (Wildman–Crippen MR) is 96.9 cm³/mol. The number of hydrogen-bond donors (Lipinski definition) is 1.